The Morgan fingerprint density at radius 2 is 1.73 bits per heavy atom. The predicted octanol–water partition coefficient (Wildman–Crippen LogP) is 3.09. The first-order chi connectivity index (χ1) is 10.6. The van der Waals surface area contributed by atoms with E-state index in [1.165, 1.54) is 5.56 Å². The van der Waals surface area contributed by atoms with Crippen LogP contribution >= 0.6 is 0 Å². The van der Waals surface area contributed by atoms with Crippen LogP contribution in [0.15, 0.2) is 53.6 Å². The highest BCUT2D eigenvalue weighted by atomic mass is 16.5. The average Bonchev–Trinajstić information content (AvgIpc) is 2.55. The number of methoxy groups -OCH3 is 1. The fraction of sp³-hybridized carbons (Fsp3) is 0.222. The van der Waals surface area contributed by atoms with Gasteiger partial charge in [-0.2, -0.15) is 5.10 Å². The number of nitrogens with zero attached hydrogens (tertiary/aromatic N) is 1. The molecule has 0 atom stereocenters. The number of carbonyl (C=O) groups is 1. The van der Waals surface area contributed by atoms with E-state index < -0.39 is 0 Å². The zero-order valence-corrected chi connectivity index (χ0v) is 13.1. The Bertz CT molecular complexity index is 658. The molecule has 0 aromatic heterocycles. The minimum atomic E-state index is -0.128. The smallest absolute Gasteiger partial charge is 0.244 e. The number of amides is 1. The molecule has 0 aliphatic rings. The molecule has 0 radical (unpaired) electrons. The molecule has 22 heavy (non-hydrogen) atoms. The van der Waals surface area contributed by atoms with Crippen LogP contribution in [0.3, 0.4) is 0 Å². The second kappa shape index (κ2) is 7.41. The van der Waals surface area contributed by atoms with E-state index in [0.29, 0.717) is 6.42 Å². The first-order valence-corrected chi connectivity index (χ1v) is 7.11. The molecule has 4 heteroatoms. The lowest BCUT2D eigenvalue weighted by Gasteiger charge is -2.05. The first kappa shape index (κ1) is 15.8. The van der Waals surface area contributed by atoms with Crippen molar-refractivity contribution in [1.29, 1.82) is 0 Å². The second-order valence-electron chi connectivity index (χ2n) is 5.12. The molecule has 0 unspecified atom stereocenters. The largest absolute Gasteiger partial charge is 0.497 e. The molecular formula is C18H20N2O2. The maximum Gasteiger partial charge on any atom is 0.244 e. The van der Waals surface area contributed by atoms with Gasteiger partial charge in [0.15, 0.2) is 0 Å². The molecule has 1 amide bonds. The van der Waals surface area contributed by atoms with Gasteiger partial charge in [0.1, 0.15) is 5.75 Å². The van der Waals surface area contributed by atoms with Crippen LogP contribution in [0.5, 0.6) is 5.75 Å². The van der Waals surface area contributed by atoms with Crippen LogP contribution in [0.2, 0.25) is 0 Å². The lowest BCUT2D eigenvalue weighted by atomic mass is 10.1. The van der Waals surface area contributed by atoms with Crippen LogP contribution in [0.1, 0.15) is 23.6 Å². The van der Waals surface area contributed by atoms with Gasteiger partial charge in [-0.05, 0) is 49.2 Å². The van der Waals surface area contributed by atoms with Crippen molar-refractivity contribution in [3.63, 3.8) is 0 Å². The number of aryl methyl sites for hydroxylation is 1. The number of carbonyl (C=O) groups excluding carboxylic acids is 1. The summed E-state index contributed by atoms with van der Waals surface area (Å²) in [4.78, 5) is 11.9. The van der Waals surface area contributed by atoms with Crippen molar-refractivity contribution in [3.8, 4) is 5.75 Å². The summed E-state index contributed by atoms with van der Waals surface area (Å²) in [6.45, 7) is 3.88. The summed E-state index contributed by atoms with van der Waals surface area (Å²) in [6, 6.07) is 15.4. The van der Waals surface area contributed by atoms with E-state index >= 15 is 0 Å². The molecule has 2 aromatic rings. The molecule has 0 aliphatic carbocycles. The molecule has 1 N–H and O–H groups in total. The molecule has 0 aliphatic heterocycles. The summed E-state index contributed by atoms with van der Waals surface area (Å²) in [5, 5.41) is 4.14. The molecule has 0 saturated carbocycles. The lowest BCUT2D eigenvalue weighted by Crippen LogP contribution is -2.21. The van der Waals surface area contributed by atoms with Gasteiger partial charge < -0.3 is 4.74 Å². The van der Waals surface area contributed by atoms with Gasteiger partial charge in [-0.1, -0.05) is 29.8 Å². The van der Waals surface area contributed by atoms with Crippen molar-refractivity contribution in [1.82, 2.24) is 5.43 Å². The van der Waals surface area contributed by atoms with E-state index in [4.69, 9.17) is 4.74 Å². The quantitative estimate of drug-likeness (QED) is 0.681. The van der Waals surface area contributed by atoms with Crippen molar-refractivity contribution in [2.45, 2.75) is 20.3 Å². The number of rotatable bonds is 5. The van der Waals surface area contributed by atoms with Crippen LogP contribution in [-0.2, 0) is 11.2 Å². The van der Waals surface area contributed by atoms with Crippen LogP contribution in [0.25, 0.3) is 0 Å². The van der Waals surface area contributed by atoms with E-state index in [1.54, 1.807) is 7.11 Å². The predicted molar refractivity (Wildman–Crippen MR) is 88.2 cm³/mol. The monoisotopic (exact) mass is 296 g/mol. The van der Waals surface area contributed by atoms with Crippen LogP contribution in [0.4, 0.5) is 0 Å². The fourth-order valence-corrected chi connectivity index (χ4v) is 1.97. The topological polar surface area (TPSA) is 50.7 Å². The Morgan fingerprint density at radius 1 is 1.09 bits per heavy atom. The Balaban J connectivity index is 1.94. The maximum atomic E-state index is 11.9. The molecular weight excluding hydrogens is 276 g/mol. The van der Waals surface area contributed by atoms with E-state index in [0.717, 1.165) is 22.6 Å². The molecule has 2 aromatic carbocycles. The molecule has 0 heterocycles. The zero-order valence-electron chi connectivity index (χ0n) is 13.1. The van der Waals surface area contributed by atoms with Crippen molar-refractivity contribution < 1.29 is 9.53 Å². The second-order valence-corrected chi connectivity index (χ2v) is 5.12. The van der Waals surface area contributed by atoms with Gasteiger partial charge in [-0.3, -0.25) is 4.79 Å². The Labute approximate surface area is 130 Å². The number of nitrogens with one attached hydrogen (secondary N) is 1. The highest BCUT2D eigenvalue weighted by Gasteiger charge is 2.03. The van der Waals surface area contributed by atoms with Gasteiger partial charge in [-0.15, -0.1) is 0 Å². The Kier molecular flexibility index (Phi) is 5.31. The van der Waals surface area contributed by atoms with E-state index in [2.05, 4.69) is 10.5 Å². The third-order valence-corrected chi connectivity index (χ3v) is 3.34. The molecule has 114 valence electrons. The van der Waals surface area contributed by atoms with Gasteiger partial charge in [0.05, 0.1) is 19.2 Å². The molecule has 0 spiro atoms. The van der Waals surface area contributed by atoms with E-state index in [1.807, 2.05) is 62.4 Å². The maximum absolute atomic E-state index is 11.9. The summed E-state index contributed by atoms with van der Waals surface area (Å²) in [6.07, 6.45) is 0.319. The van der Waals surface area contributed by atoms with Crippen LogP contribution < -0.4 is 10.2 Å². The Hall–Kier alpha value is -2.62. The molecule has 0 fully saturated rings. The normalized spacial score (nSPS) is 11.1. The van der Waals surface area contributed by atoms with E-state index in [9.17, 15) is 4.79 Å². The number of hydrazone groups is 1. The summed E-state index contributed by atoms with van der Waals surface area (Å²) in [5.41, 5.74) is 6.43. The highest BCUT2D eigenvalue weighted by Crippen LogP contribution is 2.11. The summed E-state index contributed by atoms with van der Waals surface area (Å²) < 4.78 is 5.11. The lowest BCUT2D eigenvalue weighted by molar-refractivity contribution is -0.120. The fourth-order valence-electron chi connectivity index (χ4n) is 1.97. The molecule has 2 rings (SSSR count). The highest BCUT2D eigenvalue weighted by molar-refractivity contribution is 5.99. The first-order valence-electron chi connectivity index (χ1n) is 7.11. The zero-order chi connectivity index (χ0) is 15.9. The molecule has 4 nitrogen and oxygen atoms in total. The molecule has 0 saturated heterocycles. The SMILES string of the molecule is COc1ccc(/C(C)=N\NC(=O)Cc2ccc(C)cc2)cc1. The van der Waals surface area contributed by atoms with Gasteiger partial charge in [0.25, 0.3) is 0 Å². The number of ether oxygens (including phenoxy) is 1. The third-order valence-electron chi connectivity index (χ3n) is 3.34. The minimum Gasteiger partial charge on any atom is -0.497 e. The van der Waals surface area contributed by atoms with Crippen molar-refractivity contribution in [2.75, 3.05) is 7.11 Å². The number of benzene rings is 2. The van der Waals surface area contributed by atoms with Crippen LogP contribution in [0, 0.1) is 6.92 Å². The molecule has 0 bridgehead atoms. The van der Waals surface area contributed by atoms with Gasteiger partial charge >= 0.3 is 0 Å². The van der Waals surface area contributed by atoms with Crippen LogP contribution in [-0.4, -0.2) is 18.7 Å². The van der Waals surface area contributed by atoms with Gasteiger partial charge in [0, 0.05) is 0 Å². The third kappa shape index (κ3) is 4.45. The Morgan fingerprint density at radius 3 is 2.32 bits per heavy atom. The summed E-state index contributed by atoms with van der Waals surface area (Å²) >= 11 is 0. The van der Waals surface area contributed by atoms with Gasteiger partial charge in [-0.25, -0.2) is 5.43 Å². The summed E-state index contributed by atoms with van der Waals surface area (Å²) in [7, 11) is 1.63. The standard InChI is InChI=1S/C18H20N2O2/c1-13-4-6-15(7-5-13)12-18(21)20-19-14(2)16-8-10-17(22-3)11-9-16/h4-11H,12H2,1-3H3,(H,20,21)/b19-14-. The van der Waals surface area contributed by atoms with Crippen molar-refractivity contribution >= 4 is 11.6 Å². The van der Waals surface area contributed by atoms with E-state index in [-0.39, 0.29) is 5.91 Å². The summed E-state index contributed by atoms with van der Waals surface area (Å²) in [5.74, 6) is 0.664. The van der Waals surface area contributed by atoms with Crippen molar-refractivity contribution in [2.24, 2.45) is 5.10 Å². The average molecular weight is 296 g/mol. The number of hydrogen-bond donors (Lipinski definition) is 1. The van der Waals surface area contributed by atoms with Gasteiger partial charge in [0.2, 0.25) is 5.91 Å². The van der Waals surface area contributed by atoms with Crippen molar-refractivity contribution in [3.05, 3.63) is 65.2 Å². The number of hydrogen-bond acceptors (Lipinski definition) is 3. The minimum absolute atomic E-state index is 0.128.